The van der Waals surface area contributed by atoms with E-state index in [0.29, 0.717) is 6.04 Å². The molecule has 0 amide bonds. The molecule has 1 atom stereocenters. The lowest BCUT2D eigenvalue weighted by Crippen LogP contribution is -2.38. The highest BCUT2D eigenvalue weighted by atomic mass is 16.5. The number of ether oxygens (including phenoxy) is 1. The van der Waals surface area contributed by atoms with E-state index in [9.17, 15) is 0 Å². The second-order valence-electron chi connectivity index (χ2n) is 7.38. The van der Waals surface area contributed by atoms with Crippen LogP contribution in [0.3, 0.4) is 0 Å². The second-order valence-corrected chi connectivity index (χ2v) is 7.38. The molecule has 1 aromatic heterocycles. The van der Waals surface area contributed by atoms with Gasteiger partial charge in [0.15, 0.2) is 0 Å². The molecule has 0 spiro atoms. The first-order chi connectivity index (χ1) is 10.5. The first-order valence-electron chi connectivity index (χ1n) is 8.44. The predicted octanol–water partition coefficient (Wildman–Crippen LogP) is 2.08. The molecular formula is C17H28N4O. The summed E-state index contributed by atoms with van der Waals surface area (Å²) in [6, 6.07) is 2.67. The highest BCUT2D eigenvalue weighted by molar-refractivity contribution is 5.38. The Hall–Kier alpha value is -1.20. The van der Waals surface area contributed by atoms with Crippen LogP contribution in [0.5, 0.6) is 0 Å². The molecule has 3 heterocycles. The van der Waals surface area contributed by atoms with E-state index in [1.54, 1.807) is 0 Å². The third-order valence-electron chi connectivity index (χ3n) is 4.59. The van der Waals surface area contributed by atoms with Gasteiger partial charge >= 0.3 is 0 Å². The molecule has 2 saturated heterocycles. The zero-order valence-electron chi connectivity index (χ0n) is 14.1. The van der Waals surface area contributed by atoms with Gasteiger partial charge in [-0.15, -0.1) is 0 Å². The predicted molar refractivity (Wildman–Crippen MR) is 88.4 cm³/mol. The van der Waals surface area contributed by atoms with Gasteiger partial charge in [0.1, 0.15) is 11.6 Å². The van der Waals surface area contributed by atoms with Crippen LogP contribution in [0.1, 0.15) is 39.4 Å². The maximum absolute atomic E-state index is 5.54. The molecule has 0 aliphatic carbocycles. The van der Waals surface area contributed by atoms with Gasteiger partial charge < -0.3 is 9.64 Å². The Bertz CT molecular complexity index is 494. The van der Waals surface area contributed by atoms with Crippen molar-refractivity contribution in [1.29, 1.82) is 0 Å². The summed E-state index contributed by atoms with van der Waals surface area (Å²) >= 11 is 0. The van der Waals surface area contributed by atoms with Crippen LogP contribution in [-0.4, -0.2) is 60.3 Å². The van der Waals surface area contributed by atoms with E-state index in [4.69, 9.17) is 9.72 Å². The third kappa shape index (κ3) is 3.58. The van der Waals surface area contributed by atoms with Gasteiger partial charge in [-0.1, -0.05) is 20.8 Å². The number of nitrogens with zero attached hydrogens (tertiary/aromatic N) is 4. The van der Waals surface area contributed by atoms with Crippen LogP contribution >= 0.6 is 0 Å². The summed E-state index contributed by atoms with van der Waals surface area (Å²) in [5.41, 5.74) is -0.00488. The third-order valence-corrected chi connectivity index (χ3v) is 4.59. The number of anilines is 1. The van der Waals surface area contributed by atoms with Gasteiger partial charge in [-0.05, 0) is 18.9 Å². The van der Waals surface area contributed by atoms with E-state index < -0.39 is 0 Å². The van der Waals surface area contributed by atoms with Gasteiger partial charge in [-0.25, -0.2) is 9.97 Å². The zero-order chi connectivity index (χ0) is 15.6. The number of hydrogen-bond donors (Lipinski definition) is 0. The highest BCUT2D eigenvalue weighted by Crippen LogP contribution is 2.22. The Morgan fingerprint density at radius 1 is 1.18 bits per heavy atom. The van der Waals surface area contributed by atoms with Gasteiger partial charge in [0.2, 0.25) is 0 Å². The topological polar surface area (TPSA) is 41.5 Å². The highest BCUT2D eigenvalue weighted by Gasteiger charge is 2.26. The lowest BCUT2D eigenvalue weighted by atomic mass is 9.96. The monoisotopic (exact) mass is 304 g/mol. The molecule has 0 radical (unpaired) electrons. The van der Waals surface area contributed by atoms with Gasteiger partial charge in [-0.2, -0.15) is 0 Å². The summed E-state index contributed by atoms with van der Waals surface area (Å²) in [5, 5.41) is 0. The largest absolute Gasteiger partial charge is 0.380 e. The SMILES string of the molecule is CC(C)(C)c1nccc(N2CCCN(C3CCOC3)CC2)n1. The first kappa shape index (κ1) is 15.7. The molecular weight excluding hydrogens is 276 g/mol. The average Bonchev–Trinajstić information content (AvgIpc) is 2.91. The molecule has 2 aliphatic rings. The molecule has 0 saturated carbocycles. The van der Waals surface area contributed by atoms with E-state index in [1.807, 2.05) is 12.3 Å². The minimum absolute atomic E-state index is 0.00488. The smallest absolute Gasteiger partial charge is 0.135 e. The lowest BCUT2D eigenvalue weighted by molar-refractivity contribution is 0.148. The molecule has 122 valence electrons. The maximum Gasteiger partial charge on any atom is 0.135 e. The first-order valence-corrected chi connectivity index (χ1v) is 8.44. The summed E-state index contributed by atoms with van der Waals surface area (Å²) in [6.07, 6.45) is 4.27. The van der Waals surface area contributed by atoms with Crippen molar-refractivity contribution in [2.45, 2.75) is 45.1 Å². The van der Waals surface area contributed by atoms with Crippen LogP contribution in [0, 0.1) is 0 Å². The normalized spacial score (nSPS) is 24.5. The minimum atomic E-state index is -0.00488. The van der Waals surface area contributed by atoms with Gasteiger partial charge in [0.05, 0.1) is 6.61 Å². The fourth-order valence-corrected chi connectivity index (χ4v) is 3.23. The van der Waals surface area contributed by atoms with Crippen molar-refractivity contribution in [3.05, 3.63) is 18.1 Å². The van der Waals surface area contributed by atoms with Gasteiger partial charge in [0, 0.05) is 50.4 Å². The Kier molecular flexibility index (Phi) is 4.64. The Balaban J connectivity index is 1.68. The maximum atomic E-state index is 5.54. The van der Waals surface area contributed by atoms with Crippen molar-refractivity contribution in [1.82, 2.24) is 14.9 Å². The van der Waals surface area contributed by atoms with Crippen LogP contribution < -0.4 is 4.90 Å². The Morgan fingerprint density at radius 2 is 2.05 bits per heavy atom. The van der Waals surface area contributed by atoms with Crippen molar-refractivity contribution < 1.29 is 4.74 Å². The van der Waals surface area contributed by atoms with E-state index in [1.165, 1.54) is 19.4 Å². The molecule has 5 nitrogen and oxygen atoms in total. The molecule has 0 aromatic carbocycles. The van der Waals surface area contributed by atoms with Gasteiger partial charge in [0.25, 0.3) is 0 Å². The number of hydrogen-bond acceptors (Lipinski definition) is 5. The van der Waals surface area contributed by atoms with Crippen LogP contribution in [-0.2, 0) is 10.2 Å². The van der Waals surface area contributed by atoms with E-state index in [0.717, 1.165) is 44.5 Å². The van der Waals surface area contributed by atoms with Crippen molar-refractivity contribution >= 4 is 5.82 Å². The Morgan fingerprint density at radius 3 is 2.77 bits per heavy atom. The van der Waals surface area contributed by atoms with E-state index in [2.05, 4.69) is 35.6 Å². The summed E-state index contributed by atoms with van der Waals surface area (Å²) < 4.78 is 5.54. The summed E-state index contributed by atoms with van der Waals surface area (Å²) in [4.78, 5) is 14.3. The summed E-state index contributed by atoms with van der Waals surface area (Å²) in [7, 11) is 0. The second kappa shape index (κ2) is 6.50. The van der Waals surface area contributed by atoms with Crippen molar-refractivity contribution in [2.75, 3.05) is 44.3 Å². The van der Waals surface area contributed by atoms with E-state index in [-0.39, 0.29) is 5.41 Å². The fraction of sp³-hybridized carbons (Fsp3) is 0.765. The van der Waals surface area contributed by atoms with Crippen molar-refractivity contribution in [3.63, 3.8) is 0 Å². The van der Waals surface area contributed by atoms with Gasteiger partial charge in [-0.3, -0.25) is 4.90 Å². The van der Waals surface area contributed by atoms with E-state index >= 15 is 0 Å². The standard InChI is InChI=1S/C17H28N4O/c1-17(2,3)16-18-7-5-15(19-16)21-9-4-8-20(10-11-21)14-6-12-22-13-14/h5,7,14H,4,6,8-13H2,1-3H3. The molecule has 5 heteroatoms. The lowest BCUT2D eigenvalue weighted by Gasteiger charge is -2.27. The molecule has 1 unspecified atom stereocenters. The van der Waals surface area contributed by atoms with Crippen LogP contribution in [0.15, 0.2) is 12.3 Å². The molecule has 1 aromatic rings. The van der Waals surface area contributed by atoms with Crippen molar-refractivity contribution in [2.24, 2.45) is 0 Å². The quantitative estimate of drug-likeness (QED) is 0.837. The summed E-state index contributed by atoms with van der Waals surface area (Å²) in [6.45, 7) is 12.7. The fourth-order valence-electron chi connectivity index (χ4n) is 3.23. The van der Waals surface area contributed by atoms with Crippen LogP contribution in [0.4, 0.5) is 5.82 Å². The molecule has 3 rings (SSSR count). The molecule has 22 heavy (non-hydrogen) atoms. The van der Waals surface area contributed by atoms with Crippen LogP contribution in [0.2, 0.25) is 0 Å². The molecule has 2 fully saturated rings. The average molecular weight is 304 g/mol. The molecule has 0 bridgehead atoms. The zero-order valence-corrected chi connectivity index (χ0v) is 14.1. The molecule has 0 N–H and O–H groups in total. The number of rotatable bonds is 2. The minimum Gasteiger partial charge on any atom is -0.380 e. The summed E-state index contributed by atoms with van der Waals surface area (Å²) in [5.74, 6) is 2.00. The van der Waals surface area contributed by atoms with Crippen molar-refractivity contribution in [3.8, 4) is 0 Å². The number of aromatic nitrogens is 2. The van der Waals surface area contributed by atoms with Crippen LogP contribution in [0.25, 0.3) is 0 Å². The molecule has 2 aliphatic heterocycles. The Labute approximate surface area is 133 Å².